The SMILES string of the molecule is CCOc1ccccc1NS(=O)(=O)c1n[nH]c(C)c1CN. The Morgan fingerprint density at radius 3 is 2.76 bits per heavy atom. The molecule has 0 aliphatic rings. The zero-order valence-electron chi connectivity index (χ0n) is 11.9. The van der Waals surface area contributed by atoms with E-state index in [1.165, 1.54) is 0 Å². The molecular weight excluding hydrogens is 292 g/mol. The summed E-state index contributed by atoms with van der Waals surface area (Å²) in [6.45, 7) is 4.08. The zero-order valence-corrected chi connectivity index (χ0v) is 12.7. The van der Waals surface area contributed by atoms with Gasteiger partial charge < -0.3 is 10.5 Å². The molecule has 0 saturated carbocycles. The van der Waals surface area contributed by atoms with Crippen molar-refractivity contribution in [3.8, 4) is 5.75 Å². The third-order valence-electron chi connectivity index (χ3n) is 2.93. The monoisotopic (exact) mass is 310 g/mol. The van der Waals surface area contributed by atoms with E-state index < -0.39 is 10.0 Å². The van der Waals surface area contributed by atoms with Gasteiger partial charge in [0.1, 0.15) is 5.75 Å². The highest BCUT2D eigenvalue weighted by Gasteiger charge is 2.24. The lowest BCUT2D eigenvalue weighted by Gasteiger charge is -2.12. The number of nitrogens with zero attached hydrogens (tertiary/aromatic N) is 1. The lowest BCUT2D eigenvalue weighted by Crippen LogP contribution is -2.17. The topological polar surface area (TPSA) is 110 Å². The van der Waals surface area contributed by atoms with Crippen molar-refractivity contribution in [2.24, 2.45) is 5.73 Å². The maximum absolute atomic E-state index is 12.4. The average molecular weight is 310 g/mol. The van der Waals surface area contributed by atoms with E-state index in [1.807, 2.05) is 6.92 Å². The second kappa shape index (κ2) is 6.15. The quantitative estimate of drug-likeness (QED) is 0.746. The number of benzene rings is 1. The first-order valence-corrected chi connectivity index (χ1v) is 7.96. The molecule has 0 radical (unpaired) electrons. The number of H-pyrrole nitrogens is 1. The molecule has 114 valence electrons. The Kier molecular flexibility index (Phi) is 4.49. The van der Waals surface area contributed by atoms with E-state index in [0.717, 1.165) is 0 Å². The van der Waals surface area contributed by atoms with Crippen LogP contribution in [-0.4, -0.2) is 25.2 Å². The highest BCUT2D eigenvalue weighted by molar-refractivity contribution is 7.92. The number of hydrogen-bond donors (Lipinski definition) is 3. The van der Waals surface area contributed by atoms with Crippen molar-refractivity contribution in [2.45, 2.75) is 25.4 Å². The van der Waals surface area contributed by atoms with E-state index >= 15 is 0 Å². The minimum absolute atomic E-state index is 0.0890. The van der Waals surface area contributed by atoms with Crippen LogP contribution in [0.25, 0.3) is 0 Å². The summed E-state index contributed by atoms with van der Waals surface area (Å²) < 4.78 is 32.8. The van der Waals surface area contributed by atoms with Crippen molar-refractivity contribution in [1.29, 1.82) is 0 Å². The Hall–Kier alpha value is -2.06. The molecule has 0 spiro atoms. The molecule has 0 unspecified atom stereocenters. The van der Waals surface area contributed by atoms with Gasteiger partial charge in [-0.05, 0) is 26.0 Å². The average Bonchev–Trinajstić information content (AvgIpc) is 2.83. The second-order valence-electron chi connectivity index (χ2n) is 4.37. The number of nitrogens with two attached hydrogens (primary N) is 1. The smallest absolute Gasteiger partial charge is 0.281 e. The van der Waals surface area contributed by atoms with Crippen LogP contribution in [-0.2, 0) is 16.6 Å². The van der Waals surface area contributed by atoms with Gasteiger partial charge in [0.05, 0.1) is 12.3 Å². The van der Waals surface area contributed by atoms with Crippen LogP contribution in [0.5, 0.6) is 5.75 Å². The van der Waals surface area contributed by atoms with E-state index in [9.17, 15) is 8.42 Å². The highest BCUT2D eigenvalue weighted by Crippen LogP contribution is 2.27. The molecule has 2 rings (SSSR count). The van der Waals surface area contributed by atoms with Gasteiger partial charge in [0.25, 0.3) is 10.0 Å². The minimum atomic E-state index is -3.83. The fourth-order valence-corrected chi connectivity index (χ4v) is 3.20. The van der Waals surface area contributed by atoms with Crippen molar-refractivity contribution in [3.05, 3.63) is 35.5 Å². The summed E-state index contributed by atoms with van der Waals surface area (Å²) in [7, 11) is -3.83. The number of para-hydroxylation sites is 2. The standard InChI is InChI=1S/C13H18N4O3S/c1-3-20-12-7-5-4-6-11(12)17-21(18,19)13-10(8-14)9(2)15-16-13/h4-7,17H,3,8,14H2,1-2H3,(H,15,16). The summed E-state index contributed by atoms with van der Waals surface area (Å²) in [6, 6.07) is 6.82. The number of hydrogen-bond acceptors (Lipinski definition) is 5. The van der Waals surface area contributed by atoms with Gasteiger partial charge in [0.15, 0.2) is 0 Å². The summed E-state index contributed by atoms with van der Waals surface area (Å²) in [5.41, 5.74) is 7.05. The maximum Gasteiger partial charge on any atom is 0.281 e. The Morgan fingerprint density at radius 2 is 2.10 bits per heavy atom. The maximum atomic E-state index is 12.4. The molecule has 7 nitrogen and oxygen atoms in total. The number of anilines is 1. The first-order valence-electron chi connectivity index (χ1n) is 6.48. The van der Waals surface area contributed by atoms with Crippen LogP contribution in [0.2, 0.25) is 0 Å². The number of nitrogens with one attached hydrogen (secondary N) is 2. The predicted octanol–water partition coefficient (Wildman–Crippen LogP) is 1.38. The van der Waals surface area contributed by atoms with Gasteiger partial charge in [0, 0.05) is 17.8 Å². The van der Waals surface area contributed by atoms with Gasteiger partial charge >= 0.3 is 0 Å². The molecule has 0 bridgehead atoms. The molecule has 4 N–H and O–H groups in total. The summed E-state index contributed by atoms with van der Waals surface area (Å²) in [5, 5.41) is 6.38. The molecule has 2 aromatic rings. The molecule has 21 heavy (non-hydrogen) atoms. The van der Waals surface area contributed by atoms with Gasteiger partial charge in [-0.15, -0.1) is 0 Å². The molecule has 0 saturated heterocycles. The van der Waals surface area contributed by atoms with E-state index in [0.29, 0.717) is 29.3 Å². The van der Waals surface area contributed by atoms with Crippen LogP contribution >= 0.6 is 0 Å². The third-order valence-corrected chi connectivity index (χ3v) is 4.26. The van der Waals surface area contributed by atoms with E-state index in [1.54, 1.807) is 31.2 Å². The number of ether oxygens (including phenoxy) is 1. The van der Waals surface area contributed by atoms with Crippen molar-refractivity contribution in [1.82, 2.24) is 10.2 Å². The van der Waals surface area contributed by atoms with Crippen molar-refractivity contribution >= 4 is 15.7 Å². The molecule has 1 heterocycles. The lowest BCUT2D eigenvalue weighted by atomic mass is 10.3. The molecular formula is C13H18N4O3S. The number of rotatable bonds is 6. The highest BCUT2D eigenvalue weighted by atomic mass is 32.2. The number of aromatic amines is 1. The van der Waals surface area contributed by atoms with Crippen LogP contribution in [0.3, 0.4) is 0 Å². The fraction of sp³-hybridized carbons (Fsp3) is 0.308. The normalized spacial score (nSPS) is 11.4. The largest absolute Gasteiger partial charge is 0.492 e. The fourth-order valence-electron chi connectivity index (χ4n) is 1.92. The molecule has 0 amide bonds. The Labute approximate surface area is 123 Å². The molecule has 0 fully saturated rings. The summed E-state index contributed by atoms with van der Waals surface area (Å²) >= 11 is 0. The van der Waals surface area contributed by atoms with E-state index in [4.69, 9.17) is 10.5 Å². The molecule has 0 aliphatic carbocycles. The third kappa shape index (κ3) is 3.17. The first-order chi connectivity index (χ1) is 9.99. The van der Waals surface area contributed by atoms with Gasteiger partial charge in [-0.3, -0.25) is 9.82 Å². The molecule has 1 aromatic carbocycles. The van der Waals surface area contributed by atoms with Gasteiger partial charge in [-0.2, -0.15) is 13.5 Å². The number of aryl methyl sites for hydroxylation is 1. The zero-order chi connectivity index (χ0) is 15.5. The number of aromatic nitrogens is 2. The summed E-state index contributed by atoms with van der Waals surface area (Å²) in [6.07, 6.45) is 0. The van der Waals surface area contributed by atoms with Crippen molar-refractivity contribution < 1.29 is 13.2 Å². The summed E-state index contributed by atoms with van der Waals surface area (Å²) in [5.74, 6) is 0.463. The summed E-state index contributed by atoms with van der Waals surface area (Å²) in [4.78, 5) is 0. The predicted molar refractivity (Wildman–Crippen MR) is 79.6 cm³/mol. The van der Waals surface area contributed by atoms with E-state index in [-0.39, 0.29) is 11.6 Å². The molecule has 1 aromatic heterocycles. The minimum Gasteiger partial charge on any atom is -0.492 e. The van der Waals surface area contributed by atoms with Crippen LogP contribution < -0.4 is 15.2 Å². The van der Waals surface area contributed by atoms with Crippen LogP contribution in [0, 0.1) is 6.92 Å². The Bertz CT molecular complexity index is 725. The van der Waals surface area contributed by atoms with Gasteiger partial charge in [-0.25, -0.2) is 0 Å². The van der Waals surface area contributed by atoms with Crippen molar-refractivity contribution in [3.63, 3.8) is 0 Å². The van der Waals surface area contributed by atoms with E-state index in [2.05, 4.69) is 14.9 Å². The van der Waals surface area contributed by atoms with Crippen LogP contribution in [0.1, 0.15) is 18.2 Å². The Morgan fingerprint density at radius 1 is 1.38 bits per heavy atom. The Balaban J connectivity index is 2.38. The number of sulfonamides is 1. The molecule has 0 aliphatic heterocycles. The van der Waals surface area contributed by atoms with Crippen LogP contribution in [0.4, 0.5) is 5.69 Å². The van der Waals surface area contributed by atoms with Crippen LogP contribution in [0.15, 0.2) is 29.3 Å². The van der Waals surface area contributed by atoms with Gasteiger partial charge in [0.2, 0.25) is 5.03 Å². The van der Waals surface area contributed by atoms with Gasteiger partial charge in [-0.1, -0.05) is 12.1 Å². The molecule has 0 atom stereocenters. The lowest BCUT2D eigenvalue weighted by molar-refractivity contribution is 0.342. The molecule has 8 heteroatoms. The first kappa shape index (κ1) is 15.3. The van der Waals surface area contributed by atoms with Crippen molar-refractivity contribution in [2.75, 3.05) is 11.3 Å². The second-order valence-corrected chi connectivity index (χ2v) is 5.97.